The van der Waals surface area contributed by atoms with Crippen LogP contribution >= 0.6 is 12.2 Å². The summed E-state index contributed by atoms with van der Waals surface area (Å²) in [4.78, 5) is 3.23. The Bertz CT molecular complexity index is 837. The largest absolute Gasteiger partial charge is 0.497 e. The summed E-state index contributed by atoms with van der Waals surface area (Å²) in [6.07, 6.45) is 1.97. The number of nitrogens with zero attached hydrogens (tertiary/aromatic N) is 1. The van der Waals surface area contributed by atoms with Crippen LogP contribution in [-0.4, -0.2) is 23.8 Å². The van der Waals surface area contributed by atoms with Crippen LogP contribution in [0.4, 0.5) is 0 Å². The second-order valence-corrected chi connectivity index (χ2v) is 5.13. The molecule has 0 bridgehead atoms. The fraction of sp³-hybridized carbons (Fsp3) is 0.118. The molecule has 4 nitrogen and oxygen atoms in total. The molecule has 0 radical (unpaired) electrons. The number of nitrogens with one attached hydrogen (secondary N) is 1. The zero-order chi connectivity index (χ0) is 15.5. The predicted octanol–water partition coefficient (Wildman–Crippen LogP) is 4.22. The maximum Gasteiger partial charge on any atom is 0.182 e. The Morgan fingerprint density at radius 2 is 1.77 bits per heavy atom. The first-order chi connectivity index (χ1) is 10.7. The summed E-state index contributed by atoms with van der Waals surface area (Å²) >= 11 is 5.42. The van der Waals surface area contributed by atoms with E-state index < -0.39 is 0 Å². The Labute approximate surface area is 134 Å². The van der Waals surface area contributed by atoms with Gasteiger partial charge in [0.25, 0.3) is 0 Å². The SMILES string of the molecule is COc1ccc(-c2cn(-c3ccccc3)c(=S)[nH]2)c(OC)c1. The van der Waals surface area contributed by atoms with E-state index in [4.69, 9.17) is 21.7 Å². The van der Waals surface area contributed by atoms with Crippen LogP contribution in [0.15, 0.2) is 54.7 Å². The quantitative estimate of drug-likeness (QED) is 0.733. The molecule has 0 amide bonds. The lowest BCUT2D eigenvalue weighted by Crippen LogP contribution is -1.91. The molecule has 0 saturated carbocycles. The van der Waals surface area contributed by atoms with E-state index in [1.54, 1.807) is 14.2 Å². The fourth-order valence-electron chi connectivity index (χ4n) is 2.33. The van der Waals surface area contributed by atoms with Gasteiger partial charge in [0.05, 0.1) is 19.9 Å². The van der Waals surface area contributed by atoms with Crippen LogP contribution in [0.3, 0.4) is 0 Å². The van der Waals surface area contributed by atoms with Crippen molar-refractivity contribution in [2.45, 2.75) is 0 Å². The number of aromatic amines is 1. The first kappa shape index (κ1) is 14.4. The number of para-hydroxylation sites is 1. The number of aromatic nitrogens is 2. The molecular formula is C17H16N2O2S. The minimum absolute atomic E-state index is 0.638. The highest BCUT2D eigenvalue weighted by Gasteiger charge is 2.11. The van der Waals surface area contributed by atoms with Crippen molar-refractivity contribution in [1.82, 2.24) is 9.55 Å². The normalized spacial score (nSPS) is 10.5. The molecule has 0 unspecified atom stereocenters. The monoisotopic (exact) mass is 312 g/mol. The molecule has 5 heteroatoms. The average molecular weight is 312 g/mol. The van der Waals surface area contributed by atoms with Gasteiger partial charge in [-0.1, -0.05) is 18.2 Å². The third-order valence-corrected chi connectivity index (χ3v) is 3.75. The van der Waals surface area contributed by atoms with Crippen LogP contribution in [0.1, 0.15) is 0 Å². The van der Waals surface area contributed by atoms with E-state index in [1.165, 1.54) is 0 Å². The minimum Gasteiger partial charge on any atom is -0.497 e. The number of H-pyrrole nitrogens is 1. The van der Waals surface area contributed by atoms with E-state index in [0.29, 0.717) is 4.77 Å². The number of methoxy groups -OCH3 is 2. The number of rotatable bonds is 4. The zero-order valence-electron chi connectivity index (χ0n) is 12.4. The molecule has 112 valence electrons. The molecule has 3 rings (SSSR count). The number of benzene rings is 2. The standard InChI is InChI=1S/C17H16N2O2S/c1-20-13-8-9-14(16(10-13)21-2)15-11-19(17(22)18-15)12-6-4-3-5-7-12/h3-11H,1-2H3,(H,18,22). The molecule has 0 atom stereocenters. The average Bonchev–Trinajstić information content (AvgIpc) is 2.96. The van der Waals surface area contributed by atoms with Crippen molar-refractivity contribution in [2.75, 3.05) is 14.2 Å². The number of imidazole rings is 1. The van der Waals surface area contributed by atoms with Gasteiger partial charge >= 0.3 is 0 Å². The highest BCUT2D eigenvalue weighted by molar-refractivity contribution is 7.71. The van der Waals surface area contributed by atoms with Crippen LogP contribution in [0.25, 0.3) is 16.9 Å². The van der Waals surface area contributed by atoms with Gasteiger partial charge in [0.2, 0.25) is 0 Å². The second-order valence-electron chi connectivity index (χ2n) is 4.74. The van der Waals surface area contributed by atoms with Gasteiger partial charge in [-0.2, -0.15) is 0 Å². The van der Waals surface area contributed by atoms with Crippen molar-refractivity contribution in [3.8, 4) is 28.4 Å². The summed E-state index contributed by atoms with van der Waals surface area (Å²) in [6, 6.07) is 15.7. The smallest absolute Gasteiger partial charge is 0.182 e. The lowest BCUT2D eigenvalue weighted by molar-refractivity contribution is 0.395. The molecule has 2 aromatic carbocycles. The Morgan fingerprint density at radius 1 is 1.00 bits per heavy atom. The van der Waals surface area contributed by atoms with Gasteiger partial charge in [0.1, 0.15) is 11.5 Å². The summed E-state index contributed by atoms with van der Waals surface area (Å²) < 4.78 is 13.3. The maximum atomic E-state index is 5.45. The molecule has 1 N–H and O–H groups in total. The topological polar surface area (TPSA) is 39.2 Å². The molecule has 1 heterocycles. The van der Waals surface area contributed by atoms with Gasteiger partial charge in [-0.15, -0.1) is 0 Å². The summed E-state index contributed by atoms with van der Waals surface area (Å²) in [6.45, 7) is 0. The number of ether oxygens (including phenoxy) is 2. The van der Waals surface area contributed by atoms with E-state index in [9.17, 15) is 0 Å². The van der Waals surface area contributed by atoms with Gasteiger partial charge in [-0.3, -0.25) is 4.57 Å². The van der Waals surface area contributed by atoms with Gasteiger partial charge in [-0.25, -0.2) is 0 Å². The first-order valence-corrected chi connectivity index (χ1v) is 7.23. The summed E-state index contributed by atoms with van der Waals surface area (Å²) in [5.41, 5.74) is 2.85. The Kier molecular flexibility index (Phi) is 3.98. The molecular weight excluding hydrogens is 296 g/mol. The van der Waals surface area contributed by atoms with Gasteiger partial charge in [0, 0.05) is 23.5 Å². The van der Waals surface area contributed by atoms with Gasteiger partial charge in [0.15, 0.2) is 4.77 Å². The van der Waals surface area contributed by atoms with Gasteiger partial charge in [-0.05, 0) is 36.5 Å². The van der Waals surface area contributed by atoms with E-state index in [1.807, 2.05) is 59.3 Å². The molecule has 0 aliphatic heterocycles. The first-order valence-electron chi connectivity index (χ1n) is 6.82. The van der Waals surface area contributed by atoms with Crippen molar-refractivity contribution < 1.29 is 9.47 Å². The van der Waals surface area contributed by atoms with Crippen LogP contribution in [-0.2, 0) is 0 Å². The molecule has 22 heavy (non-hydrogen) atoms. The Morgan fingerprint density at radius 3 is 2.45 bits per heavy atom. The highest BCUT2D eigenvalue weighted by Crippen LogP contribution is 2.32. The minimum atomic E-state index is 0.638. The van der Waals surface area contributed by atoms with Crippen molar-refractivity contribution in [3.05, 3.63) is 59.5 Å². The lowest BCUT2D eigenvalue weighted by atomic mass is 10.1. The summed E-state index contributed by atoms with van der Waals surface area (Å²) in [7, 11) is 3.27. The highest BCUT2D eigenvalue weighted by atomic mass is 32.1. The van der Waals surface area contributed by atoms with E-state index in [0.717, 1.165) is 28.4 Å². The van der Waals surface area contributed by atoms with Gasteiger partial charge < -0.3 is 14.5 Å². The van der Waals surface area contributed by atoms with Crippen LogP contribution in [0.2, 0.25) is 0 Å². The van der Waals surface area contributed by atoms with Crippen LogP contribution in [0.5, 0.6) is 11.5 Å². The van der Waals surface area contributed by atoms with Crippen LogP contribution < -0.4 is 9.47 Å². The van der Waals surface area contributed by atoms with E-state index >= 15 is 0 Å². The molecule has 0 spiro atoms. The molecule has 0 saturated heterocycles. The number of hydrogen-bond donors (Lipinski definition) is 1. The van der Waals surface area contributed by atoms with E-state index in [-0.39, 0.29) is 0 Å². The fourth-order valence-corrected chi connectivity index (χ4v) is 2.60. The molecule has 0 aliphatic rings. The van der Waals surface area contributed by atoms with Crippen molar-refractivity contribution in [2.24, 2.45) is 0 Å². The second kappa shape index (κ2) is 6.07. The molecule has 1 aromatic heterocycles. The van der Waals surface area contributed by atoms with Crippen molar-refractivity contribution in [1.29, 1.82) is 0 Å². The maximum absolute atomic E-state index is 5.45. The third-order valence-electron chi connectivity index (χ3n) is 3.45. The Balaban J connectivity index is 2.09. The van der Waals surface area contributed by atoms with E-state index in [2.05, 4.69) is 4.98 Å². The summed E-state index contributed by atoms with van der Waals surface area (Å²) in [5.74, 6) is 1.48. The van der Waals surface area contributed by atoms with Crippen molar-refractivity contribution in [3.63, 3.8) is 0 Å². The molecule has 3 aromatic rings. The third kappa shape index (κ3) is 2.63. The number of hydrogen-bond acceptors (Lipinski definition) is 3. The van der Waals surface area contributed by atoms with Crippen LogP contribution in [0, 0.1) is 4.77 Å². The van der Waals surface area contributed by atoms with Crippen molar-refractivity contribution >= 4 is 12.2 Å². The molecule has 0 fully saturated rings. The predicted molar refractivity (Wildman–Crippen MR) is 89.5 cm³/mol. The lowest BCUT2D eigenvalue weighted by Gasteiger charge is -2.08. The zero-order valence-corrected chi connectivity index (χ0v) is 13.2. The summed E-state index contributed by atoms with van der Waals surface area (Å²) in [5, 5.41) is 0. The Hall–Kier alpha value is -2.53. The molecule has 0 aliphatic carbocycles.